The molecule has 1 rings (SSSR count). The molecule has 0 amide bonds. The van der Waals surface area contributed by atoms with Crippen LogP contribution in [0.1, 0.15) is 26.2 Å². The summed E-state index contributed by atoms with van der Waals surface area (Å²) in [6.45, 7) is 3.31. The van der Waals surface area contributed by atoms with Crippen LogP contribution in [0.3, 0.4) is 0 Å². The van der Waals surface area contributed by atoms with Crippen LogP contribution in [0.2, 0.25) is 0 Å². The Morgan fingerprint density at radius 2 is 2.08 bits per heavy atom. The van der Waals surface area contributed by atoms with Crippen molar-refractivity contribution < 1.29 is 8.42 Å². The lowest BCUT2D eigenvalue weighted by Crippen LogP contribution is -2.31. The number of hydrogen-bond donors (Lipinski definition) is 1. The van der Waals surface area contributed by atoms with Gasteiger partial charge < -0.3 is 5.32 Å². The van der Waals surface area contributed by atoms with Crippen LogP contribution < -0.4 is 5.32 Å². The van der Waals surface area contributed by atoms with E-state index >= 15 is 0 Å². The molecule has 0 spiro atoms. The van der Waals surface area contributed by atoms with Crippen LogP contribution in [0.25, 0.3) is 0 Å². The minimum absolute atomic E-state index is 0.262. The van der Waals surface area contributed by atoms with E-state index in [0.717, 1.165) is 12.5 Å². The number of hydrogen-bond acceptors (Lipinski definition) is 3. The van der Waals surface area contributed by atoms with Gasteiger partial charge in [-0.1, -0.05) is 13.3 Å². The normalized spacial score (nSPS) is 18.5. The standard InChI is InChI=1S/C9H19NO2S/c1-2-13(11,12)7-6-10-8-9-4-3-5-9/h9-10H,2-8H2,1H3. The second-order valence-corrected chi connectivity index (χ2v) is 6.21. The molecule has 3 nitrogen and oxygen atoms in total. The van der Waals surface area contributed by atoms with Gasteiger partial charge in [0, 0.05) is 12.3 Å². The van der Waals surface area contributed by atoms with E-state index in [4.69, 9.17) is 0 Å². The molecule has 0 aliphatic heterocycles. The van der Waals surface area contributed by atoms with Crippen molar-refractivity contribution in [2.24, 2.45) is 5.92 Å². The summed E-state index contributed by atoms with van der Waals surface area (Å²) >= 11 is 0. The highest BCUT2D eigenvalue weighted by molar-refractivity contribution is 7.91. The van der Waals surface area contributed by atoms with Crippen LogP contribution in [0.15, 0.2) is 0 Å². The van der Waals surface area contributed by atoms with Crippen LogP contribution in [-0.2, 0) is 9.84 Å². The molecule has 0 atom stereocenters. The molecule has 0 radical (unpaired) electrons. The van der Waals surface area contributed by atoms with E-state index in [1.54, 1.807) is 6.92 Å². The van der Waals surface area contributed by atoms with Gasteiger partial charge in [0.2, 0.25) is 0 Å². The second kappa shape index (κ2) is 4.96. The van der Waals surface area contributed by atoms with E-state index in [9.17, 15) is 8.42 Å². The van der Waals surface area contributed by atoms with E-state index in [-0.39, 0.29) is 11.5 Å². The Balaban J connectivity index is 2.00. The van der Waals surface area contributed by atoms with Crippen LogP contribution in [0.4, 0.5) is 0 Å². The number of sulfone groups is 1. The molecule has 78 valence electrons. The van der Waals surface area contributed by atoms with Gasteiger partial charge >= 0.3 is 0 Å². The first-order chi connectivity index (χ1) is 6.14. The Morgan fingerprint density at radius 3 is 2.54 bits per heavy atom. The molecular weight excluding hydrogens is 186 g/mol. The predicted octanol–water partition coefficient (Wildman–Crippen LogP) is 0.811. The molecule has 1 aliphatic carbocycles. The lowest BCUT2D eigenvalue weighted by Gasteiger charge is -2.25. The summed E-state index contributed by atoms with van der Waals surface area (Å²) in [6, 6.07) is 0. The first-order valence-corrected chi connectivity index (χ1v) is 6.87. The highest BCUT2D eigenvalue weighted by Gasteiger charge is 2.16. The monoisotopic (exact) mass is 205 g/mol. The molecule has 1 saturated carbocycles. The van der Waals surface area contributed by atoms with Crippen molar-refractivity contribution >= 4 is 9.84 Å². The molecule has 0 bridgehead atoms. The molecule has 0 saturated heterocycles. The smallest absolute Gasteiger partial charge is 0.151 e. The maximum Gasteiger partial charge on any atom is 0.151 e. The van der Waals surface area contributed by atoms with Gasteiger partial charge in [0.05, 0.1) is 5.75 Å². The Labute approximate surface area is 80.8 Å². The maximum atomic E-state index is 11.1. The van der Waals surface area contributed by atoms with Gasteiger partial charge in [-0.2, -0.15) is 0 Å². The van der Waals surface area contributed by atoms with Crippen LogP contribution in [0, 0.1) is 5.92 Å². The summed E-state index contributed by atoms with van der Waals surface area (Å²) in [7, 11) is -2.77. The molecule has 4 heteroatoms. The first kappa shape index (κ1) is 11.0. The van der Waals surface area contributed by atoms with Gasteiger partial charge in [-0.15, -0.1) is 0 Å². The molecule has 0 aromatic carbocycles. The van der Waals surface area contributed by atoms with Gasteiger partial charge in [-0.3, -0.25) is 0 Å². The fraction of sp³-hybridized carbons (Fsp3) is 1.00. The van der Waals surface area contributed by atoms with Crippen LogP contribution in [-0.4, -0.2) is 33.0 Å². The largest absolute Gasteiger partial charge is 0.315 e. The fourth-order valence-electron chi connectivity index (χ4n) is 1.38. The average Bonchev–Trinajstić information content (AvgIpc) is 2.01. The molecule has 1 fully saturated rings. The van der Waals surface area contributed by atoms with Gasteiger partial charge in [0.15, 0.2) is 9.84 Å². The van der Waals surface area contributed by atoms with E-state index in [1.165, 1.54) is 19.3 Å². The average molecular weight is 205 g/mol. The fourth-order valence-corrected chi connectivity index (χ4v) is 2.12. The third kappa shape index (κ3) is 4.09. The Morgan fingerprint density at radius 1 is 1.38 bits per heavy atom. The van der Waals surface area contributed by atoms with Gasteiger partial charge in [-0.05, 0) is 25.3 Å². The Kier molecular flexibility index (Phi) is 4.19. The predicted molar refractivity (Wildman–Crippen MR) is 54.5 cm³/mol. The number of rotatable bonds is 6. The summed E-state index contributed by atoms with van der Waals surface area (Å²) in [5.41, 5.74) is 0. The number of nitrogens with one attached hydrogen (secondary N) is 1. The molecule has 0 heterocycles. The van der Waals surface area contributed by atoms with Gasteiger partial charge in [0.1, 0.15) is 0 Å². The maximum absolute atomic E-state index is 11.1. The summed E-state index contributed by atoms with van der Waals surface area (Å²) in [5, 5.41) is 3.20. The summed E-state index contributed by atoms with van der Waals surface area (Å²) in [6.07, 6.45) is 3.97. The zero-order valence-electron chi connectivity index (χ0n) is 8.25. The minimum atomic E-state index is -2.77. The summed E-state index contributed by atoms with van der Waals surface area (Å²) < 4.78 is 22.2. The highest BCUT2D eigenvalue weighted by atomic mass is 32.2. The molecule has 0 aromatic heterocycles. The molecule has 0 unspecified atom stereocenters. The lowest BCUT2D eigenvalue weighted by atomic mass is 9.85. The van der Waals surface area contributed by atoms with Crippen molar-refractivity contribution in [1.82, 2.24) is 5.32 Å². The Hall–Kier alpha value is -0.0900. The minimum Gasteiger partial charge on any atom is -0.315 e. The third-order valence-corrected chi connectivity index (χ3v) is 4.39. The highest BCUT2D eigenvalue weighted by Crippen LogP contribution is 2.24. The van der Waals surface area contributed by atoms with Crippen molar-refractivity contribution in [2.75, 3.05) is 24.6 Å². The molecule has 13 heavy (non-hydrogen) atoms. The van der Waals surface area contributed by atoms with Crippen molar-refractivity contribution in [3.05, 3.63) is 0 Å². The second-order valence-electron chi connectivity index (χ2n) is 3.74. The Bertz CT molecular complexity index is 232. The zero-order valence-corrected chi connectivity index (χ0v) is 9.07. The molecule has 0 aromatic rings. The molecule has 1 aliphatic rings. The zero-order chi connectivity index (χ0) is 9.73. The topological polar surface area (TPSA) is 46.2 Å². The lowest BCUT2D eigenvalue weighted by molar-refractivity contribution is 0.304. The third-order valence-electron chi connectivity index (χ3n) is 2.69. The van der Waals surface area contributed by atoms with E-state index < -0.39 is 9.84 Å². The van der Waals surface area contributed by atoms with Crippen LogP contribution >= 0.6 is 0 Å². The van der Waals surface area contributed by atoms with Crippen molar-refractivity contribution in [1.29, 1.82) is 0 Å². The van der Waals surface area contributed by atoms with E-state index in [0.29, 0.717) is 6.54 Å². The van der Waals surface area contributed by atoms with Crippen LogP contribution in [0.5, 0.6) is 0 Å². The van der Waals surface area contributed by atoms with E-state index in [2.05, 4.69) is 5.32 Å². The van der Waals surface area contributed by atoms with Crippen molar-refractivity contribution in [3.8, 4) is 0 Å². The summed E-state index contributed by atoms with van der Waals surface area (Å²) in [5.74, 6) is 1.36. The molecule has 1 N–H and O–H groups in total. The van der Waals surface area contributed by atoms with Crippen molar-refractivity contribution in [3.63, 3.8) is 0 Å². The van der Waals surface area contributed by atoms with Crippen molar-refractivity contribution in [2.45, 2.75) is 26.2 Å². The first-order valence-electron chi connectivity index (χ1n) is 5.05. The molecular formula is C9H19NO2S. The van der Waals surface area contributed by atoms with E-state index in [1.807, 2.05) is 0 Å². The SMILES string of the molecule is CCS(=O)(=O)CCNCC1CCC1. The van der Waals surface area contributed by atoms with Gasteiger partial charge in [-0.25, -0.2) is 8.42 Å². The van der Waals surface area contributed by atoms with Gasteiger partial charge in [0.25, 0.3) is 0 Å². The summed E-state index contributed by atoms with van der Waals surface area (Å²) in [4.78, 5) is 0. The quantitative estimate of drug-likeness (QED) is 0.653.